The molecule has 0 aliphatic carbocycles. The molecule has 0 saturated carbocycles. The van der Waals surface area contributed by atoms with Crippen molar-refractivity contribution in [1.82, 2.24) is 9.97 Å². The number of aromatic amines is 1. The van der Waals surface area contributed by atoms with Crippen molar-refractivity contribution in [2.45, 2.75) is 6.92 Å². The second-order valence-corrected chi connectivity index (χ2v) is 4.04. The lowest BCUT2D eigenvalue weighted by Crippen LogP contribution is -1.88. The molecule has 0 spiro atoms. The Balaban J connectivity index is 2.33. The van der Waals surface area contributed by atoms with Crippen LogP contribution in [0.2, 0.25) is 0 Å². The van der Waals surface area contributed by atoms with Crippen LogP contribution in [0.4, 0.5) is 0 Å². The number of hydrogen-bond donors (Lipinski definition) is 1. The second-order valence-electron chi connectivity index (χ2n) is 3.19. The van der Waals surface area contributed by atoms with Crippen LogP contribution >= 0.6 is 15.9 Å². The molecule has 0 saturated heterocycles. The summed E-state index contributed by atoms with van der Waals surface area (Å²) in [6, 6.07) is 0. The summed E-state index contributed by atoms with van der Waals surface area (Å²) in [7, 11) is 0. The quantitative estimate of drug-likeness (QED) is 0.678. The third kappa shape index (κ3) is 2.26. The zero-order valence-corrected chi connectivity index (χ0v) is 10.5. The highest BCUT2D eigenvalue weighted by Gasteiger charge is 2.04. The molecule has 2 heterocycles. The Morgan fingerprint density at radius 3 is 3.19 bits per heavy atom. The average molecular weight is 279 g/mol. The molecule has 0 radical (unpaired) electrons. The number of nitrogens with zero attached hydrogens (tertiary/aromatic N) is 1. The minimum absolute atomic E-state index is 0.464. The lowest BCUT2D eigenvalue weighted by Gasteiger charge is -1.93. The highest BCUT2D eigenvalue weighted by atomic mass is 79.9. The molecule has 0 atom stereocenters. The van der Waals surface area contributed by atoms with Crippen molar-refractivity contribution in [1.29, 1.82) is 0 Å². The number of ether oxygens (including phenoxy) is 1. The first-order valence-electron chi connectivity index (χ1n) is 5.00. The van der Waals surface area contributed by atoms with Crippen molar-refractivity contribution in [3.8, 4) is 11.8 Å². The topological polar surface area (TPSA) is 37.9 Å². The standard InChI is InChI=1S/C12H11BrN2O/c1-2-16-5-3-4-9-6-15-11-8-14-7-10(13)12(9)11/h6-8,15H,2,5H2,1H3. The highest BCUT2D eigenvalue weighted by molar-refractivity contribution is 9.10. The Morgan fingerprint density at radius 2 is 2.38 bits per heavy atom. The van der Waals surface area contributed by atoms with Gasteiger partial charge in [0.05, 0.1) is 17.3 Å². The van der Waals surface area contributed by atoms with Crippen molar-refractivity contribution in [2.24, 2.45) is 0 Å². The molecule has 0 aliphatic rings. The van der Waals surface area contributed by atoms with Crippen LogP contribution in [0.5, 0.6) is 0 Å². The molecule has 1 N–H and O–H groups in total. The fourth-order valence-corrected chi connectivity index (χ4v) is 1.97. The van der Waals surface area contributed by atoms with Crippen LogP contribution in [-0.4, -0.2) is 23.2 Å². The molecule has 0 aliphatic heterocycles. The molecule has 16 heavy (non-hydrogen) atoms. The number of nitrogens with one attached hydrogen (secondary N) is 1. The van der Waals surface area contributed by atoms with Crippen LogP contribution < -0.4 is 0 Å². The van der Waals surface area contributed by atoms with E-state index < -0.39 is 0 Å². The number of aromatic nitrogens is 2. The van der Waals surface area contributed by atoms with Gasteiger partial charge in [0, 0.05) is 28.9 Å². The van der Waals surface area contributed by atoms with Gasteiger partial charge in [-0.3, -0.25) is 4.98 Å². The summed E-state index contributed by atoms with van der Waals surface area (Å²) in [6.07, 6.45) is 5.44. The molecular formula is C12H11BrN2O. The SMILES string of the molecule is CCOCC#Cc1c[nH]c2cncc(Br)c12. The second kappa shape index (κ2) is 5.15. The molecule has 3 nitrogen and oxygen atoms in total. The van der Waals surface area contributed by atoms with Crippen molar-refractivity contribution < 1.29 is 4.74 Å². The fourth-order valence-electron chi connectivity index (χ4n) is 1.42. The molecule has 0 bridgehead atoms. The summed E-state index contributed by atoms with van der Waals surface area (Å²) in [5.41, 5.74) is 1.94. The van der Waals surface area contributed by atoms with Gasteiger partial charge in [0.15, 0.2) is 0 Å². The minimum atomic E-state index is 0.464. The lowest BCUT2D eigenvalue weighted by molar-refractivity contribution is 0.182. The predicted octanol–water partition coefficient (Wildman–Crippen LogP) is 2.71. The van der Waals surface area contributed by atoms with Crippen molar-refractivity contribution in [3.63, 3.8) is 0 Å². The smallest absolute Gasteiger partial charge is 0.108 e. The molecule has 2 rings (SSSR count). The van der Waals surface area contributed by atoms with Crippen molar-refractivity contribution >= 4 is 26.8 Å². The fraction of sp³-hybridized carbons (Fsp3) is 0.250. The predicted molar refractivity (Wildman–Crippen MR) is 67.2 cm³/mol. The van der Waals surface area contributed by atoms with Gasteiger partial charge in [0.2, 0.25) is 0 Å². The normalized spacial score (nSPS) is 10.1. The van der Waals surface area contributed by atoms with Gasteiger partial charge in [0.25, 0.3) is 0 Å². The number of H-pyrrole nitrogens is 1. The van der Waals surface area contributed by atoms with Crippen molar-refractivity contribution in [2.75, 3.05) is 13.2 Å². The monoisotopic (exact) mass is 278 g/mol. The van der Waals surface area contributed by atoms with E-state index >= 15 is 0 Å². The van der Waals surface area contributed by atoms with Crippen molar-refractivity contribution in [3.05, 3.63) is 28.6 Å². The van der Waals surface area contributed by atoms with E-state index in [0.717, 1.165) is 20.9 Å². The van der Waals surface area contributed by atoms with Crippen LogP contribution in [-0.2, 0) is 4.74 Å². The summed E-state index contributed by atoms with van der Waals surface area (Å²) in [5, 5.41) is 1.07. The van der Waals surface area contributed by atoms with Crippen LogP contribution in [0.1, 0.15) is 12.5 Å². The Morgan fingerprint density at radius 1 is 1.50 bits per heavy atom. The Bertz CT molecular complexity index is 551. The summed E-state index contributed by atoms with van der Waals surface area (Å²) in [6.45, 7) is 3.11. The summed E-state index contributed by atoms with van der Waals surface area (Å²) in [4.78, 5) is 7.22. The Hall–Kier alpha value is -1.31. The zero-order chi connectivity index (χ0) is 11.4. The third-order valence-corrected chi connectivity index (χ3v) is 2.74. The van der Waals surface area contributed by atoms with Gasteiger partial charge in [0.1, 0.15) is 6.61 Å². The summed E-state index contributed by atoms with van der Waals surface area (Å²) < 4.78 is 6.12. The Labute approximate surface area is 102 Å². The molecule has 82 valence electrons. The van der Waals surface area contributed by atoms with E-state index in [9.17, 15) is 0 Å². The van der Waals surface area contributed by atoms with E-state index in [4.69, 9.17) is 4.74 Å². The number of fused-ring (bicyclic) bond motifs is 1. The van der Waals surface area contributed by atoms with E-state index in [1.165, 1.54) is 0 Å². The summed E-state index contributed by atoms with van der Waals surface area (Å²) >= 11 is 3.47. The summed E-state index contributed by atoms with van der Waals surface area (Å²) in [5.74, 6) is 6.05. The molecule has 0 fully saturated rings. The average Bonchev–Trinajstić information content (AvgIpc) is 2.69. The van der Waals surface area contributed by atoms with E-state index in [2.05, 4.69) is 37.7 Å². The van der Waals surface area contributed by atoms with E-state index in [0.29, 0.717) is 13.2 Å². The maximum absolute atomic E-state index is 5.17. The Kier molecular flexibility index (Phi) is 3.60. The highest BCUT2D eigenvalue weighted by Crippen LogP contribution is 2.24. The number of pyridine rings is 1. The van der Waals surface area contributed by atoms with Gasteiger partial charge in [-0.1, -0.05) is 11.8 Å². The van der Waals surface area contributed by atoms with Gasteiger partial charge < -0.3 is 9.72 Å². The largest absolute Gasteiger partial charge is 0.369 e. The van der Waals surface area contributed by atoms with Crippen LogP contribution in [0.15, 0.2) is 23.1 Å². The van der Waals surface area contributed by atoms with Gasteiger partial charge in [-0.15, -0.1) is 0 Å². The van der Waals surface area contributed by atoms with Crippen LogP contribution in [0.3, 0.4) is 0 Å². The first-order chi connectivity index (χ1) is 7.83. The third-order valence-electron chi connectivity index (χ3n) is 2.14. The molecule has 0 aromatic carbocycles. The molecular weight excluding hydrogens is 268 g/mol. The van der Waals surface area contributed by atoms with E-state index in [1.807, 2.05) is 13.1 Å². The van der Waals surface area contributed by atoms with Crippen LogP contribution in [0.25, 0.3) is 10.9 Å². The molecule has 4 heteroatoms. The van der Waals surface area contributed by atoms with Gasteiger partial charge in [-0.2, -0.15) is 0 Å². The molecule has 0 unspecified atom stereocenters. The van der Waals surface area contributed by atoms with Gasteiger partial charge in [-0.05, 0) is 22.9 Å². The minimum Gasteiger partial charge on any atom is -0.369 e. The number of rotatable bonds is 2. The van der Waals surface area contributed by atoms with Crippen LogP contribution in [0, 0.1) is 11.8 Å². The maximum atomic E-state index is 5.17. The van der Waals surface area contributed by atoms with E-state index in [-0.39, 0.29) is 0 Å². The number of hydrogen-bond acceptors (Lipinski definition) is 2. The van der Waals surface area contributed by atoms with E-state index in [1.54, 1.807) is 12.4 Å². The molecule has 0 amide bonds. The maximum Gasteiger partial charge on any atom is 0.108 e. The zero-order valence-electron chi connectivity index (χ0n) is 8.88. The lowest BCUT2D eigenvalue weighted by atomic mass is 10.2. The first kappa shape index (κ1) is 11.2. The molecule has 2 aromatic heterocycles. The van der Waals surface area contributed by atoms with Gasteiger partial charge in [-0.25, -0.2) is 0 Å². The number of halogens is 1. The molecule has 2 aromatic rings. The van der Waals surface area contributed by atoms with Gasteiger partial charge >= 0.3 is 0 Å². The first-order valence-corrected chi connectivity index (χ1v) is 5.79.